The SMILES string of the molecule is CCc1cccc(CC)c1-n1c(CC(C)C)c(C(=O)N2CCNCC2)cc(-c2nc(-c3ccc(Cl)cc3C)c(C)s2)c1=O. The van der Waals surface area contributed by atoms with Crippen molar-refractivity contribution in [1.82, 2.24) is 19.8 Å². The van der Waals surface area contributed by atoms with Crippen molar-refractivity contribution >= 4 is 28.8 Å². The highest BCUT2D eigenvalue weighted by atomic mass is 35.5. The molecule has 5 rings (SSSR count). The van der Waals surface area contributed by atoms with Crippen molar-refractivity contribution in [1.29, 1.82) is 0 Å². The van der Waals surface area contributed by atoms with E-state index in [9.17, 15) is 9.59 Å². The summed E-state index contributed by atoms with van der Waals surface area (Å²) in [5.74, 6) is 0.216. The Morgan fingerprint density at radius 1 is 1.02 bits per heavy atom. The molecule has 1 aliphatic rings. The molecule has 8 heteroatoms. The van der Waals surface area contributed by atoms with Crippen LogP contribution in [0.2, 0.25) is 5.02 Å². The van der Waals surface area contributed by atoms with Gasteiger partial charge in [0.25, 0.3) is 11.5 Å². The largest absolute Gasteiger partial charge is 0.336 e. The van der Waals surface area contributed by atoms with Crippen LogP contribution in [0.3, 0.4) is 0 Å². The average Bonchev–Trinajstić information content (AvgIpc) is 3.37. The lowest BCUT2D eigenvalue weighted by Crippen LogP contribution is -2.47. The molecule has 6 nitrogen and oxygen atoms in total. The van der Waals surface area contributed by atoms with Crippen LogP contribution < -0.4 is 10.9 Å². The molecule has 1 N–H and O–H groups in total. The molecule has 0 radical (unpaired) electrons. The van der Waals surface area contributed by atoms with Crippen LogP contribution in [0.25, 0.3) is 27.5 Å². The van der Waals surface area contributed by atoms with E-state index in [4.69, 9.17) is 16.6 Å². The number of pyridine rings is 1. The molecule has 1 saturated heterocycles. The van der Waals surface area contributed by atoms with Crippen LogP contribution in [0.5, 0.6) is 0 Å². The summed E-state index contributed by atoms with van der Waals surface area (Å²) in [5, 5.41) is 4.65. The summed E-state index contributed by atoms with van der Waals surface area (Å²) < 4.78 is 1.87. The van der Waals surface area contributed by atoms with Gasteiger partial charge in [-0.05, 0) is 73.9 Å². The highest BCUT2D eigenvalue weighted by Gasteiger charge is 2.29. The molecule has 0 spiro atoms. The highest BCUT2D eigenvalue weighted by molar-refractivity contribution is 7.15. The Hall–Kier alpha value is -3.26. The fraction of sp³-hybridized carbons (Fsp3) is 0.400. The minimum atomic E-state index is -0.128. The van der Waals surface area contributed by atoms with E-state index in [-0.39, 0.29) is 17.4 Å². The van der Waals surface area contributed by atoms with E-state index in [0.717, 1.165) is 70.1 Å². The maximum atomic E-state index is 14.8. The number of thiazole rings is 1. The van der Waals surface area contributed by atoms with Crippen LogP contribution in [0, 0.1) is 19.8 Å². The van der Waals surface area contributed by atoms with Crippen molar-refractivity contribution in [3.63, 3.8) is 0 Å². The number of carbonyl (C=O) groups is 1. The van der Waals surface area contributed by atoms with Crippen LogP contribution in [-0.2, 0) is 19.3 Å². The quantitative estimate of drug-likeness (QED) is 0.226. The van der Waals surface area contributed by atoms with Gasteiger partial charge >= 0.3 is 0 Å². The van der Waals surface area contributed by atoms with Gasteiger partial charge in [-0.1, -0.05) is 63.6 Å². The Labute approximate surface area is 263 Å². The number of piperazine rings is 1. The molecule has 1 aliphatic heterocycles. The summed E-state index contributed by atoms with van der Waals surface area (Å²) in [6.45, 7) is 15.3. The van der Waals surface area contributed by atoms with E-state index in [1.165, 1.54) is 11.3 Å². The van der Waals surface area contributed by atoms with Crippen molar-refractivity contribution in [3.8, 4) is 27.5 Å². The van der Waals surface area contributed by atoms with Gasteiger partial charge in [-0.25, -0.2) is 4.98 Å². The fourth-order valence-electron chi connectivity index (χ4n) is 6.01. The molecule has 0 saturated carbocycles. The van der Waals surface area contributed by atoms with Crippen LogP contribution in [0.1, 0.15) is 65.3 Å². The van der Waals surface area contributed by atoms with Gasteiger partial charge in [0, 0.05) is 47.3 Å². The number of aryl methyl sites for hydroxylation is 4. The van der Waals surface area contributed by atoms with Gasteiger partial charge in [0.05, 0.1) is 22.5 Å². The number of hydrogen-bond acceptors (Lipinski definition) is 5. The van der Waals surface area contributed by atoms with Crippen molar-refractivity contribution in [2.45, 2.75) is 60.8 Å². The standard InChI is InChI=1S/C35H41ClN4O2S/c1-7-24-10-9-11-25(8-2)32(24)40-30(18-21(3)4)28(34(41)39-16-14-37-15-17-39)20-29(35(40)42)33-38-31(23(6)43-33)27-13-12-26(36)19-22(27)5/h9-13,19-21,37H,7-8,14-18H2,1-6H3. The first-order valence-corrected chi connectivity index (χ1v) is 16.5. The lowest BCUT2D eigenvalue weighted by atomic mass is 9.97. The van der Waals surface area contributed by atoms with E-state index < -0.39 is 0 Å². The monoisotopic (exact) mass is 616 g/mol. The van der Waals surface area contributed by atoms with Crippen LogP contribution in [0.15, 0.2) is 47.3 Å². The van der Waals surface area contributed by atoms with Gasteiger partial charge in [0.15, 0.2) is 0 Å². The van der Waals surface area contributed by atoms with E-state index in [1.807, 2.05) is 47.6 Å². The second-order valence-electron chi connectivity index (χ2n) is 11.7. The second-order valence-corrected chi connectivity index (χ2v) is 13.4. The Bertz CT molecular complexity index is 1690. The number of hydrogen-bond donors (Lipinski definition) is 1. The van der Waals surface area contributed by atoms with E-state index >= 15 is 0 Å². The number of halogens is 1. The van der Waals surface area contributed by atoms with Crippen LogP contribution >= 0.6 is 22.9 Å². The topological polar surface area (TPSA) is 67.2 Å². The predicted octanol–water partition coefficient (Wildman–Crippen LogP) is 7.27. The summed E-state index contributed by atoms with van der Waals surface area (Å²) >= 11 is 7.75. The first-order valence-electron chi connectivity index (χ1n) is 15.3. The fourth-order valence-corrected chi connectivity index (χ4v) is 7.17. The third kappa shape index (κ3) is 6.21. The van der Waals surface area contributed by atoms with Gasteiger partial charge in [0.2, 0.25) is 0 Å². The molecule has 2 aromatic heterocycles. The first kappa shape index (κ1) is 31.2. The molecule has 0 aliphatic carbocycles. The van der Waals surface area contributed by atoms with Crippen molar-refractivity contribution in [3.05, 3.63) is 90.7 Å². The molecule has 0 unspecified atom stereocenters. The summed E-state index contributed by atoms with van der Waals surface area (Å²) in [7, 11) is 0. The Balaban J connectivity index is 1.83. The molecule has 4 aromatic rings. The number of aromatic nitrogens is 2. The molecule has 3 heterocycles. The minimum absolute atomic E-state index is 0.0266. The lowest BCUT2D eigenvalue weighted by Gasteiger charge is -2.30. The smallest absolute Gasteiger partial charge is 0.265 e. The van der Waals surface area contributed by atoms with Crippen LogP contribution in [-0.4, -0.2) is 46.5 Å². The number of carbonyl (C=O) groups excluding carboxylic acids is 1. The van der Waals surface area contributed by atoms with Gasteiger partial charge in [0.1, 0.15) is 5.01 Å². The number of amides is 1. The Morgan fingerprint density at radius 3 is 2.30 bits per heavy atom. The molecule has 0 bridgehead atoms. The molecule has 43 heavy (non-hydrogen) atoms. The van der Waals surface area contributed by atoms with Gasteiger partial charge in [-0.15, -0.1) is 11.3 Å². The molecule has 2 aromatic carbocycles. The van der Waals surface area contributed by atoms with E-state index in [2.05, 4.69) is 51.2 Å². The van der Waals surface area contributed by atoms with Crippen molar-refractivity contribution in [2.24, 2.45) is 5.92 Å². The van der Waals surface area contributed by atoms with Gasteiger partial charge in [-0.2, -0.15) is 0 Å². The molecule has 1 fully saturated rings. The maximum absolute atomic E-state index is 14.8. The normalized spacial score (nSPS) is 13.6. The van der Waals surface area contributed by atoms with Crippen molar-refractivity contribution < 1.29 is 4.79 Å². The summed E-state index contributed by atoms with van der Waals surface area (Å²) in [5.41, 5.74) is 7.66. The molecular formula is C35H41ClN4O2S. The Kier molecular flexibility index (Phi) is 9.54. The molecule has 1 amide bonds. The zero-order chi connectivity index (χ0) is 30.8. The average molecular weight is 617 g/mol. The predicted molar refractivity (Wildman–Crippen MR) is 179 cm³/mol. The minimum Gasteiger partial charge on any atom is -0.336 e. The Morgan fingerprint density at radius 2 is 1.70 bits per heavy atom. The summed E-state index contributed by atoms with van der Waals surface area (Å²) in [4.78, 5) is 37.1. The zero-order valence-electron chi connectivity index (χ0n) is 26.0. The van der Waals surface area contributed by atoms with Crippen LogP contribution in [0.4, 0.5) is 0 Å². The second kappa shape index (κ2) is 13.2. The number of rotatable bonds is 8. The van der Waals surface area contributed by atoms with Gasteiger partial charge in [-0.3, -0.25) is 14.2 Å². The molecule has 226 valence electrons. The summed E-state index contributed by atoms with van der Waals surface area (Å²) in [6, 6.07) is 13.9. The zero-order valence-corrected chi connectivity index (χ0v) is 27.6. The number of nitrogens with zero attached hydrogens (tertiary/aromatic N) is 3. The van der Waals surface area contributed by atoms with Gasteiger partial charge < -0.3 is 10.2 Å². The number of para-hydroxylation sites is 1. The number of nitrogens with one attached hydrogen (secondary N) is 1. The molecule has 0 atom stereocenters. The van der Waals surface area contributed by atoms with Crippen molar-refractivity contribution in [2.75, 3.05) is 26.2 Å². The lowest BCUT2D eigenvalue weighted by molar-refractivity contribution is 0.0733. The first-order chi connectivity index (χ1) is 20.6. The van der Waals surface area contributed by atoms with E-state index in [1.54, 1.807) is 0 Å². The summed E-state index contributed by atoms with van der Waals surface area (Å²) in [6.07, 6.45) is 2.16. The van der Waals surface area contributed by atoms with E-state index in [0.29, 0.717) is 40.7 Å². The highest BCUT2D eigenvalue weighted by Crippen LogP contribution is 2.36. The maximum Gasteiger partial charge on any atom is 0.265 e. The third-order valence-electron chi connectivity index (χ3n) is 8.20. The molecular weight excluding hydrogens is 576 g/mol. The number of benzene rings is 2. The third-order valence-corrected chi connectivity index (χ3v) is 9.44.